The van der Waals surface area contributed by atoms with Crippen molar-refractivity contribution in [3.63, 3.8) is 0 Å². The summed E-state index contributed by atoms with van der Waals surface area (Å²) in [6.45, 7) is -0.0552. The maximum absolute atomic E-state index is 13.2. The summed E-state index contributed by atoms with van der Waals surface area (Å²) in [6, 6.07) is 11.6. The number of nitrogen functional groups attached to an aromatic ring is 1. The van der Waals surface area contributed by atoms with Gasteiger partial charge in [0.15, 0.2) is 11.5 Å². The number of anilines is 1. The van der Waals surface area contributed by atoms with Gasteiger partial charge >= 0.3 is 0 Å². The highest BCUT2D eigenvalue weighted by atomic mass is 19.1. The molecule has 1 aliphatic heterocycles. The quantitative estimate of drug-likeness (QED) is 0.545. The molecule has 8 nitrogen and oxygen atoms in total. The summed E-state index contributed by atoms with van der Waals surface area (Å²) in [5.74, 6) is 0.0567. The first kappa shape index (κ1) is 17.2. The summed E-state index contributed by atoms with van der Waals surface area (Å²) in [5.41, 5.74) is 6.92. The predicted octanol–water partition coefficient (Wildman–Crippen LogP) is 3.65. The summed E-state index contributed by atoms with van der Waals surface area (Å²) in [5, 5.41) is 21.1. The second-order valence-electron chi connectivity index (χ2n) is 5.91. The largest absolute Gasteiger partial charge is 0.454 e. The molecule has 4 rings (SSSR count). The number of fused-ring (bicyclic) bond motifs is 1. The SMILES string of the molecule is N#Cc1c(-c2cc3c(cc2[N+](=O)[O-])OCO3)cc(-c2ccc(F)cc2)nc1N. The standard InChI is InChI=1S/C19H11FN4O4/c20-11-3-1-10(2-4-11)15-5-12(14(8-21)19(22)23-15)13-6-17-18(28-9-27-17)7-16(13)24(25)26/h1-7H,9H2,(H2,22,23). The Morgan fingerprint density at radius 2 is 1.82 bits per heavy atom. The zero-order valence-corrected chi connectivity index (χ0v) is 14.2. The van der Waals surface area contributed by atoms with Crippen LogP contribution in [0.15, 0.2) is 42.5 Å². The van der Waals surface area contributed by atoms with Crippen LogP contribution in [0.5, 0.6) is 11.5 Å². The van der Waals surface area contributed by atoms with Crippen molar-refractivity contribution < 1.29 is 18.8 Å². The predicted molar refractivity (Wildman–Crippen MR) is 97.0 cm³/mol. The van der Waals surface area contributed by atoms with Gasteiger partial charge in [0.05, 0.1) is 22.2 Å². The molecule has 0 radical (unpaired) electrons. The maximum Gasteiger partial charge on any atom is 0.281 e. The third-order valence-electron chi connectivity index (χ3n) is 4.28. The van der Waals surface area contributed by atoms with Crippen LogP contribution in [-0.2, 0) is 0 Å². The Hall–Kier alpha value is -4.19. The molecule has 2 aromatic carbocycles. The number of aromatic nitrogens is 1. The van der Waals surface area contributed by atoms with Crippen molar-refractivity contribution >= 4 is 11.5 Å². The van der Waals surface area contributed by atoms with Crippen molar-refractivity contribution in [3.05, 3.63) is 64.0 Å². The first-order valence-corrected chi connectivity index (χ1v) is 8.03. The molecular weight excluding hydrogens is 367 g/mol. The molecule has 1 aromatic heterocycles. The third kappa shape index (κ3) is 2.83. The van der Waals surface area contributed by atoms with E-state index in [4.69, 9.17) is 15.2 Å². The molecule has 0 unspecified atom stereocenters. The van der Waals surface area contributed by atoms with Gasteiger partial charge in [0, 0.05) is 11.1 Å². The Bertz CT molecular complexity index is 1160. The van der Waals surface area contributed by atoms with Gasteiger partial charge in [-0.15, -0.1) is 0 Å². The van der Waals surface area contributed by atoms with Crippen molar-refractivity contribution in [1.29, 1.82) is 5.26 Å². The number of nitro benzene ring substituents is 1. The molecule has 28 heavy (non-hydrogen) atoms. The molecule has 9 heteroatoms. The molecule has 2 heterocycles. The molecule has 0 aliphatic carbocycles. The first-order chi connectivity index (χ1) is 13.5. The van der Waals surface area contributed by atoms with Gasteiger partial charge in [-0.25, -0.2) is 9.37 Å². The average molecular weight is 378 g/mol. The molecule has 0 atom stereocenters. The van der Waals surface area contributed by atoms with E-state index in [1.165, 1.54) is 42.5 Å². The molecule has 0 amide bonds. The van der Waals surface area contributed by atoms with Crippen LogP contribution in [0.4, 0.5) is 15.9 Å². The van der Waals surface area contributed by atoms with E-state index in [2.05, 4.69) is 4.98 Å². The van der Waals surface area contributed by atoms with Crippen molar-refractivity contribution in [1.82, 2.24) is 4.98 Å². The van der Waals surface area contributed by atoms with Crippen molar-refractivity contribution in [2.75, 3.05) is 12.5 Å². The monoisotopic (exact) mass is 378 g/mol. The number of benzene rings is 2. The van der Waals surface area contributed by atoms with Gasteiger partial charge in [-0.2, -0.15) is 5.26 Å². The van der Waals surface area contributed by atoms with Crippen molar-refractivity contribution in [2.45, 2.75) is 0 Å². The van der Waals surface area contributed by atoms with Gasteiger partial charge in [0.25, 0.3) is 5.69 Å². The van der Waals surface area contributed by atoms with Crippen LogP contribution in [0.25, 0.3) is 22.4 Å². The second-order valence-corrected chi connectivity index (χ2v) is 5.91. The average Bonchev–Trinajstić information content (AvgIpc) is 3.14. The Morgan fingerprint density at radius 1 is 1.14 bits per heavy atom. The highest BCUT2D eigenvalue weighted by Crippen LogP contribution is 2.44. The van der Waals surface area contributed by atoms with E-state index in [0.717, 1.165) is 0 Å². The lowest BCUT2D eigenvalue weighted by molar-refractivity contribution is -0.384. The zero-order chi connectivity index (χ0) is 19.8. The number of nitriles is 1. The maximum atomic E-state index is 13.2. The lowest BCUT2D eigenvalue weighted by atomic mass is 9.96. The summed E-state index contributed by atoms with van der Waals surface area (Å²) < 4.78 is 23.7. The summed E-state index contributed by atoms with van der Waals surface area (Å²) in [7, 11) is 0. The van der Waals surface area contributed by atoms with Crippen molar-refractivity contribution in [2.24, 2.45) is 0 Å². The highest BCUT2D eigenvalue weighted by Gasteiger charge is 2.27. The van der Waals surface area contributed by atoms with E-state index < -0.39 is 10.7 Å². The van der Waals surface area contributed by atoms with Gasteiger partial charge in [0.1, 0.15) is 23.3 Å². The van der Waals surface area contributed by atoms with E-state index >= 15 is 0 Å². The molecule has 0 saturated carbocycles. The number of ether oxygens (including phenoxy) is 2. The van der Waals surface area contributed by atoms with E-state index in [1.54, 1.807) is 0 Å². The van der Waals surface area contributed by atoms with Crippen LogP contribution in [0.1, 0.15) is 5.56 Å². The number of nitrogens with two attached hydrogens (primary N) is 1. The van der Waals surface area contributed by atoms with Crippen molar-refractivity contribution in [3.8, 4) is 40.0 Å². The molecule has 0 fully saturated rings. The normalized spacial score (nSPS) is 11.9. The number of nitro groups is 1. The van der Waals surface area contributed by atoms with Gasteiger partial charge in [-0.1, -0.05) is 0 Å². The minimum absolute atomic E-state index is 0.00664. The smallest absolute Gasteiger partial charge is 0.281 e. The molecule has 0 spiro atoms. The molecule has 0 saturated heterocycles. The second kappa shape index (κ2) is 6.51. The lowest BCUT2D eigenvalue weighted by Crippen LogP contribution is -2.01. The highest BCUT2D eigenvalue weighted by molar-refractivity contribution is 5.86. The van der Waals surface area contributed by atoms with Crippen LogP contribution in [0.3, 0.4) is 0 Å². The topological polar surface area (TPSA) is 124 Å². The van der Waals surface area contributed by atoms with Gasteiger partial charge in [-0.05, 0) is 36.4 Å². The Labute approximate surface area is 157 Å². The molecule has 138 valence electrons. The summed E-state index contributed by atoms with van der Waals surface area (Å²) in [4.78, 5) is 15.2. The van der Waals surface area contributed by atoms with Gasteiger partial charge in [-0.3, -0.25) is 10.1 Å². The number of nitrogens with zero attached hydrogens (tertiary/aromatic N) is 3. The van der Waals surface area contributed by atoms with Crippen LogP contribution < -0.4 is 15.2 Å². The van der Waals surface area contributed by atoms with Crippen LogP contribution in [0, 0.1) is 27.3 Å². The fourth-order valence-electron chi connectivity index (χ4n) is 2.96. The molecule has 3 aromatic rings. The molecular formula is C19H11FN4O4. The molecule has 1 aliphatic rings. The van der Waals surface area contributed by atoms with Gasteiger partial charge < -0.3 is 15.2 Å². The lowest BCUT2D eigenvalue weighted by Gasteiger charge is -2.11. The fourth-order valence-corrected chi connectivity index (χ4v) is 2.96. The van der Waals surface area contributed by atoms with E-state index in [0.29, 0.717) is 17.0 Å². The number of pyridine rings is 1. The van der Waals surface area contributed by atoms with E-state index in [9.17, 15) is 19.8 Å². The number of hydrogen-bond acceptors (Lipinski definition) is 7. The number of hydrogen-bond donors (Lipinski definition) is 1. The summed E-state index contributed by atoms with van der Waals surface area (Å²) >= 11 is 0. The van der Waals surface area contributed by atoms with E-state index in [-0.39, 0.29) is 40.7 Å². The first-order valence-electron chi connectivity index (χ1n) is 8.03. The van der Waals surface area contributed by atoms with Crippen LogP contribution in [0.2, 0.25) is 0 Å². The Balaban J connectivity index is 1.98. The molecule has 0 bridgehead atoms. The fraction of sp³-hybridized carbons (Fsp3) is 0.0526. The minimum atomic E-state index is -0.577. The number of rotatable bonds is 3. The Kier molecular flexibility index (Phi) is 4.01. The third-order valence-corrected chi connectivity index (χ3v) is 4.28. The number of halogens is 1. The van der Waals surface area contributed by atoms with Crippen LogP contribution in [-0.4, -0.2) is 16.7 Å². The summed E-state index contributed by atoms with van der Waals surface area (Å²) in [6.07, 6.45) is 0. The zero-order valence-electron chi connectivity index (χ0n) is 14.2. The van der Waals surface area contributed by atoms with E-state index in [1.807, 2.05) is 6.07 Å². The minimum Gasteiger partial charge on any atom is -0.454 e. The molecule has 2 N–H and O–H groups in total. The van der Waals surface area contributed by atoms with Crippen LogP contribution >= 0.6 is 0 Å². The Morgan fingerprint density at radius 3 is 2.46 bits per heavy atom. The van der Waals surface area contributed by atoms with Gasteiger partial charge in [0.2, 0.25) is 6.79 Å².